The SMILES string of the molecule is Cc1cc(Cl)nc(CCOCCO)n1. The summed E-state index contributed by atoms with van der Waals surface area (Å²) in [4.78, 5) is 8.24. The third kappa shape index (κ3) is 4.00. The fraction of sp³-hybridized carbons (Fsp3) is 0.556. The highest BCUT2D eigenvalue weighted by Crippen LogP contribution is 2.06. The van der Waals surface area contributed by atoms with Crippen molar-refractivity contribution in [2.75, 3.05) is 19.8 Å². The predicted molar refractivity (Wildman–Crippen MR) is 53.4 cm³/mol. The van der Waals surface area contributed by atoms with Crippen molar-refractivity contribution in [1.82, 2.24) is 9.97 Å². The van der Waals surface area contributed by atoms with Crippen molar-refractivity contribution >= 4 is 11.6 Å². The van der Waals surface area contributed by atoms with Gasteiger partial charge in [0.15, 0.2) is 0 Å². The molecule has 0 unspecified atom stereocenters. The highest BCUT2D eigenvalue weighted by atomic mass is 35.5. The lowest BCUT2D eigenvalue weighted by molar-refractivity contribution is 0.0936. The van der Waals surface area contributed by atoms with Crippen molar-refractivity contribution in [3.8, 4) is 0 Å². The number of rotatable bonds is 5. The van der Waals surface area contributed by atoms with Crippen molar-refractivity contribution in [2.24, 2.45) is 0 Å². The van der Waals surface area contributed by atoms with E-state index >= 15 is 0 Å². The molecule has 0 spiro atoms. The number of aryl methyl sites for hydroxylation is 1. The molecule has 14 heavy (non-hydrogen) atoms. The summed E-state index contributed by atoms with van der Waals surface area (Å²) in [5, 5.41) is 8.93. The minimum absolute atomic E-state index is 0.0371. The number of aliphatic hydroxyl groups is 1. The Hall–Kier alpha value is -0.710. The van der Waals surface area contributed by atoms with Crippen molar-refractivity contribution in [3.63, 3.8) is 0 Å². The van der Waals surface area contributed by atoms with Crippen LogP contribution in [-0.2, 0) is 11.2 Å². The summed E-state index contributed by atoms with van der Waals surface area (Å²) in [6, 6.07) is 1.71. The number of nitrogens with zero attached hydrogens (tertiary/aromatic N) is 2. The molecule has 0 aliphatic heterocycles. The molecule has 1 heterocycles. The summed E-state index contributed by atoms with van der Waals surface area (Å²) in [6.07, 6.45) is 0.612. The van der Waals surface area contributed by atoms with Gasteiger partial charge in [-0.2, -0.15) is 0 Å². The molecule has 0 saturated heterocycles. The van der Waals surface area contributed by atoms with Gasteiger partial charge in [0, 0.05) is 12.1 Å². The second-order valence-corrected chi connectivity index (χ2v) is 3.22. The van der Waals surface area contributed by atoms with Crippen LogP contribution in [0.2, 0.25) is 5.15 Å². The molecule has 0 fully saturated rings. The van der Waals surface area contributed by atoms with Gasteiger partial charge in [-0.25, -0.2) is 9.97 Å². The molecule has 5 heteroatoms. The Morgan fingerprint density at radius 1 is 1.43 bits per heavy atom. The molecular weight excluding hydrogens is 204 g/mol. The van der Waals surface area contributed by atoms with Gasteiger partial charge in [-0.1, -0.05) is 11.6 Å². The topological polar surface area (TPSA) is 55.2 Å². The molecule has 1 rings (SSSR count). The molecule has 0 bridgehead atoms. The number of halogens is 1. The first-order valence-electron chi connectivity index (χ1n) is 4.41. The molecule has 78 valence electrons. The zero-order valence-corrected chi connectivity index (χ0v) is 8.79. The van der Waals surface area contributed by atoms with Crippen molar-refractivity contribution < 1.29 is 9.84 Å². The first-order valence-corrected chi connectivity index (χ1v) is 4.79. The smallest absolute Gasteiger partial charge is 0.133 e. The molecule has 1 aromatic rings. The Bertz CT molecular complexity index is 274. The Morgan fingerprint density at radius 2 is 2.21 bits per heavy atom. The molecule has 1 aromatic heterocycles. The minimum atomic E-state index is 0.0371. The maximum Gasteiger partial charge on any atom is 0.133 e. The first-order chi connectivity index (χ1) is 6.72. The van der Waals surface area contributed by atoms with Crippen molar-refractivity contribution in [3.05, 3.63) is 22.7 Å². The van der Waals surface area contributed by atoms with Crippen LogP contribution in [-0.4, -0.2) is 34.9 Å². The summed E-state index contributed by atoms with van der Waals surface area (Å²) >= 11 is 5.76. The molecule has 0 aliphatic rings. The average Bonchev–Trinajstić information content (AvgIpc) is 2.11. The van der Waals surface area contributed by atoms with Crippen LogP contribution >= 0.6 is 11.6 Å². The predicted octanol–water partition coefficient (Wildman–Crippen LogP) is 0.990. The highest BCUT2D eigenvalue weighted by Gasteiger charge is 2.00. The van der Waals surface area contributed by atoms with Gasteiger partial charge in [0.1, 0.15) is 11.0 Å². The van der Waals surface area contributed by atoms with E-state index in [9.17, 15) is 0 Å². The maximum atomic E-state index is 8.47. The fourth-order valence-electron chi connectivity index (χ4n) is 1.03. The zero-order valence-electron chi connectivity index (χ0n) is 8.03. The first kappa shape index (κ1) is 11.4. The molecular formula is C9H13ClN2O2. The van der Waals surface area contributed by atoms with E-state index in [4.69, 9.17) is 21.4 Å². The van der Waals surface area contributed by atoms with Crippen LogP contribution in [0.4, 0.5) is 0 Å². The molecule has 0 saturated carbocycles. The van der Waals surface area contributed by atoms with Gasteiger partial charge in [-0.15, -0.1) is 0 Å². The maximum absolute atomic E-state index is 8.47. The number of aromatic nitrogens is 2. The van der Waals surface area contributed by atoms with Crippen LogP contribution in [0.5, 0.6) is 0 Å². The molecule has 0 aliphatic carbocycles. The van der Waals surface area contributed by atoms with E-state index in [2.05, 4.69) is 9.97 Å². The van der Waals surface area contributed by atoms with Gasteiger partial charge in [0.2, 0.25) is 0 Å². The zero-order chi connectivity index (χ0) is 10.4. The van der Waals surface area contributed by atoms with Crippen molar-refractivity contribution in [2.45, 2.75) is 13.3 Å². The monoisotopic (exact) mass is 216 g/mol. The summed E-state index contributed by atoms with van der Waals surface area (Å²) in [5.41, 5.74) is 0.849. The third-order valence-corrected chi connectivity index (χ3v) is 1.77. The lowest BCUT2D eigenvalue weighted by Crippen LogP contribution is -2.06. The highest BCUT2D eigenvalue weighted by molar-refractivity contribution is 6.29. The second-order valence-electron chi connectivity index (χ2n) is 2.83. The number of ether oxygens (including phenoxy) is 1. The quantitative estimate of drug-likeness (QED) is 0.589. The van der Waals surface area contributed by atoms with E-state index in [1.165, 1.54) is 0 Å². The van der Waals surface area contributed by atoms with Crippen LogP contribution in [0.1, 0.15) is 11.5 Å². The molecule has 0 atom stereocenters. The van der Waals surface area contributed by atoms with E-state index in [-0.39, 0.29) is 6.61 Å². The Kier molecular flexibility index (Phi) is 4.79. The van der Waals surface area contributed by atoms with Crippen LogP contribution < -0.4 is 0 Å². The van der Waals surface area contributed by atoms with Crippen molar-refractivity contribution in [1.29, 1.82) is 0 Å². The van der Waals surface area contributed by atoms with Gasteiger partial charge < -0.3 is 9.84 Å². The third-order valence-electron chi connectivity index (χ3n) is 1.57. The Morgan fingerprint density at radius 3 is 2.86 bits per heavy atom. The second kappa shape index (κ2) is 5.90. The number of aliphatic hydroxyl groups excluding tert-OH is 1. The van der Waals surface area contributed by atoms with Gasteiger partial charge in [-0.3, -0.25) is 0 Å². The summed E-state index contributed by atoms with van der Waals surface area (Å²) < 4.78 is 5.09. The fourth-order valence-corrected chi connectivity index (χ4v) is 1.29. The van der Waals surface area contributed by atoms with Gasteiger partial charge in [0.05, 0.1) is 19.8 Å². The summed E-state index contributed by atoms with van der Waals surface area (Å²) in [7, 11) is 0. The largest absolute Gasteiger partial charge is 0.394 e. The number of hydrogen-bond donors (Lipinski definition) is 1. The molecule has 0 amide bonds. The lowest BCUT2D eigenvalue weighted by Gasteiger charge is -2.02. The van der Waals surface area contributed by atoms with Gasteiger partial charge in [-0.05, 0) is 13.0 Å². The van der Waals surface area contributed by atoms with Crippen LogP contribution in [0, 0.1) is 6.92 Å². The molecule has 4 nitrogen and oxygen atoms in total. The summed E-state index contributed by atoms with van der Waals surface area (Å²) in [6.45, 7) is 2.75. The normalized spacial score (nSPS) is 10.5. The van der Waals surface area contributed by atoms with Crippen LogP contribution in [0.15, 0.2) is 6.07 Å². The van der Waals surface area contributed by atoms with Gasteiger partial charge >= 0.3 is 0 Å². The Balaban J connectivity index is 2.42. The molecule has 1 N–H and O–H groups in total. The molecule has 0 aromatic carbocycles. The lowest BCUT2D eigenvalue weighted by atomic mass is 10.4. The Labute approximate surface area is 87.9 Å². The minimum Gasteiger partial charge on any atom is -0.394 e. The molecule has 0 radical (unpaired) electrons. The van der Waals surface area contributed by atoms with E-state index in [0.29, 0.717) is 30.6 Å². The average molecular weight is 217 g/mol. The van der Waals surface area contributed by atoms with Crippen LogP contribution in [0.3, 0.4) is 0 Å². The van der Waals surface area contributed by atoms with E-state index in [0.717, 1.165) is 5.69 Å². The standard InChI is InChI=1S/C9H13ClN2O2/c1-7-6-8(10)12-9(11-7)2-4-14-5-3-13/h6,13H,2-5H2,1H3. The van der Waals surface area contributed by atoms with E-state index < -0.39 is 0 Å². The van der Waals surface area contributed by atoms with Gasteiger partial charge in [0.25, 0.3) is 0 Å². The van der Waals surface area contributed by atoms with E-state index in [1.54, 1.807) is 6.07 Å². The number of hydrogen-bond acceptors (Lipinski definition) is 4. The summed E-state index contributed by atoms with van der Waals surface area (Å²) in [5.74, 6) is 0.674. The van der Waals surface area contributed by atoms with Crippen LogP contribution in [0.25, 0.3) is 0 Å². The van der Waals surface area contributed by atoms with E-state index in [1.807, 2.05) is 6.92 Å².